The smallest absolute Gasteiger partial charge is 0.234 e. The molecule has 4 rings (SSSR count). The van der Waals surface area contributed by atoms with Crippen LogP contribution in [0, 0.1) is 5.41 Å². The van der Waals surface area contributed by atoms with Crippen LogP contribution < -0.4 is 10.2 Å². The molecule has 0 aliphatic carbocycles. The molecule has 6 heteroatoms. The van der Waals surface area contributed by atoms with Crippen LogP contribution in [0.4, 0.5) is 5.69 Å². The molecule has 3 heterocycles. The third-order valence-electron chi connectivity index (χ3n) is 6.11. The summed E-state index contributed by atoms with van der Waals surface area (Å²) in [4.78, 5) is 36.6. The summed E-state index contributed by atoms with van der Waals surface area (Å²) in [5.41, 5.74) is 2.28. The number of nitrogens with one attached hydrogen (secondary N) is 1. The van der Waals surface area contributed by atoms with E-state index in [4.69, 9.17) is 4.74 Å². The first-order valence-electron chi connectivity index (χ1n) is 9.34. The van der Waals surface area contributed by atoms with Crippen molar-refractivity contribution in [2.24, 2.45) is 5.41 Å². The van der Waals surface area contributed by atoms with Gasteiger partial charge in [-0.3, -0.25) is 14.9 Å². The van der Waals surface area contributed by atoms with Crippen molar-refractivity contribution in [3.05, 3.63) is 29.8 Å². The lowest BCUT2D eigenvalue weighted by Crippen LogP contribution is -2.41. The molecule has 2 atom stereocenters. The first kappa shape index (κ1) is 17.2. The SMILES string of the molecule is O=CC1CC2(CCN(c3ccc([C@H]4CCC(=O)NC4=O)cc3)CC2)CO1. The number of imide groups is 1. The molecule has 1 N–H and O–H groups in total. The van der Waals surface area contributed by atoms with Crippen LogP contribution in [-0.2, 0) is 19.1 Å². The van der Waals surface area contributed by atoms with Gasteiger partial charge >= 0.3 is 0 Å². The number of amides is 2. The fraction of sp³-hybridized carbons (Fsp3) is 0.550. The van der Waals surface area contributed by atoms with E-state index in [0.717, 1.165) is 49.9 Å². The first-order chi connectivity index (χ1) is 12.6. The van der Waals surface area contributed by atoms with E-state index in [1.165, 1.54) is 0 Å². The molecule has 3 aliphatic rings. The molecule has 1 aromatic carbocycles. The summed E-state index contributed by atoms with van der Waals surface area (Å²) in [6.45, 7) is 2.60. The Bertz CT molecular complexity index is 707. The van der Waals surface area contributed by atoms with Gasteiger partial charge in [0.2, 0.25) is 11.8 Å². The molecule has 0 radical (unpaired) electrons. The number of hydrogen-bond donors (Lipinski definition) is 1. The van der Waals surface area contributed by atoms with E-state index in [1.807, 2.05) is 12.1 Å². The molecule has 3 fully saturated rings. The van der Waals surface area contributed by atoms with Crippen LogP contribution in [0.1, 0.15) is 43.6 Å². The van der Waals surface area contributed by atoms with Gasteiger partial charge < -0.3 is 14.4 Å². The molecule has 26 heavy (non-hydrogen) atoms. The van der Waals surface area contributed by atoms with Crippen LogP contribution in [0.3, 0.4) is 0 Å². The van der Waals surface area contributed by atoms with Gasteiger partial charge in [-0.2, -0.15) is 0 Å². The molecule has 1 aromatic rings. The highest BCUT2D eigenvalue weighted by Gasteiger charge is 2.42. The Morgan fingerprint density at radius 2 is 1.88 bits per heavy atom. The van der Waals surface area contributed by atoms with Crippen molar-refractivity contribution < 1.29 is 19.1 Å². The monoisotopic (exact) mass is 356 g/mol. The second-order valence-corrected chi connectivity index (χ2v) is 7.77. The topological polar surface area (TPSA) is 75.7 Å². The highest BCUT2D eigenvalue weighted by atomic mass is 16.5. The Morgan fingerprint density at radius 1 is 1.15 bits per heavy atom. The van der Waals surface area contributed by atoms with Gasteiger partial charge in [0.05, 0.1) is 12.5 Å². The standard InChI is InChI=1S/C20H24N2O4/c23-12-16-11-20(13-26-16)7-9-22(10-8-20)15-3-1-14(2-4-15)17-5-6-18(24)21-19(17)25/h1-4,12,16-17H,5-11,13H2,(H,21,24,25)/t16?,17-/m1/s1. The molecule has 3 saturated heterocycles. The molecule has 6 nitrogen and oxygen atoms in total. The second kappa shape index (κ2) is 6.83. The lowest BCUT2D eigenvalue weighted by Gasteiger charge is -2.39. The molecular weight excluding hydrogens is 332 g/mol. The highest BCUT2D eigenvalue weighted by Crippen LogP contribution is 2.42. The maximum absolute atomic E-state index is 12.0. The number of anilines is 1. The van der Waals surface area contributed by atoms with Crippen LogP contribution in [-0.4, -0.2) is 43.9 Å². The van der Waals surface area contributed by atoms with Gasteiger partial charge in [0, 0.05) is 30.6 Å². The minimum atomic E-state index is -0.234. The van der Waals surface area contributed by atoms with Gasteiger partial charge in [0.25, 0.3) is 0 Å². The van der Waals surface area contributed by atoms with Gasteiger partial charge in [-0.25, -0.2) is 0 Å². The third-order valence-corrected chi connectivity index (χ3v) is 6.11. The van der Waals surface area contributed by atoms with Crippen LogP contribution in [0.15, 0.2) is 24.3 Å². The van der Waals surface area contributed by atoms with E-state index in [9.17, 15) is 14.4 Å². The average Bonchev–Trinajstić information content (AvgIpc) is 3.06. The summed E-state index contributed by atoms with van der Waals surface area (Å²) < 4.78 is 5.59. The molecule has 3 aliphatic heterocycles. The van der Waals surface area contributed by atoms with Crippen molar-refractivity contribution >= 4 is 23.8 Å². The van der Waals surface area contributed by atoms with E-state index in [0.29, 0.717) is 19.4 Å². The van der Waals surface area contributed by atoms with E-state index in [2.05, 4.69) is 22.3 Å². The van der Waals surface area contributed by atoms with Gasteiger partial charge in [-0.1, -0.05) is 12.1 Å². The lowest BCUT2D eigenvalue weighted by atomic mass is 9.76. The van der Waals surface area contributed by atoms with Crippen LogP contribution >= 0.6 is 0 Å². The van der Waals surface area contributed by atoms with Crippen molar-refractivity contribution in [2.45, 2.75) is 44.1 Å². The summed E-state index contributed by atoms with van der Waals surface area (Å²) in [6, 6.07) is 8.13. The van der Waals surface area contributed by atoms with Crippen molar-refractivity contribution in [3.63, 3.8) is 0 Å². The second-order valence-electron chi connectivity index (χ2n) is 7.77. The number of carbonyl (C=O) groups is 3. The molecule has 0 aromatic heterocycles. The summed E-state index contributed by atoms with van der Waals surface area (Å²) in [7, 11) is 0. The predicted octanol–water partition coefficient (Wildman–Crippen LogP) is 1.78. The minimum absolute atomic E-state index is 0.161. The normalized spacial score (nSPS) is 28.2. The minimum Gasteiger partial charge on any atom is -0.371 e. The largest absolute Gasteiger partial charge is 0.371 e. The Labute approximate surface area is 152 Å². The number of aldehydes is 1. The predicted molar refractivity (Wildman–Crippen MR) is 95.9 cm³/mol. The van der Waals surface area contributed by atoms with Crippen molar-refractivity contribution in [2.75, 3.05) is 24.6 Å². The Hall–Kier alpha value is -2.21. The zero-order valence-corrected chi connectivity index (χ0v) is 14.8. The van der Waals surface area contributed by atoms with Gasteiger partial charge in [0.1, 0.15) is 12.4 Å². The van der Waals surface area contributed by atoms with E-state index in [-0.39, 0.29) is 29.3 Å². The van der Waals surface area contributed by atoms with Crippen molar-refractivity contribution in [3.8, 4) is 0 Å². The number of carbonyl (C=O) groups excluding carboxylic acids is 3. The zero-order valence-electron chi connectivity index (χ0n) is 14.8. The highest BCUT2D eigenvalue weighted by molar-refractivity contribution is 6.00. The van der Waals surface area contributed by atoms with Crippen LogP contribution in [0.2, 0.25) is 0 Å². The molecule has 0 bridgehead atoms. The average molecular weight is 356 g/mol. The van der Waals surface area contributed by atoms with Crippen molar-refractivity contribution in [1.29, 1.82) is 0 Å². The lowest BCUT2D eigenvalue weighted by molar-refractivity contribution is -0.134. The molecule has 0 saturated carbocycles. The number of piperidine rings is 2. The van der Waals surface area contributed by atoms with Gasteiger partial charge in [-0.15, -0.1) is 0 Å². The number of ether oxygens (including phenoxy) is 1. The maximum Gasteiger partial charge on any atom is 0.234 e. The molecule has 1 spiro atoms. The Morgan fingerprint density at radius 3 is 2.50 bits per heavy atom. The van der Waals surface area contributed by atoms with Gasteiger partial charge in [-0.05, 0) is 43.4 Å². The van der Waals surface area contributed by atoms with E-state index < -0.39 is 0 Å². The van der Waals surface area contributed by atoms with Gasteiger partial charge in [0.15, 0.2) is 0 Å². The van der Waals surface area contributed by atoms with E-state index >= 15 is 0 Å². The number of hydrogen-bond acceptors (Lipinski definition) is 5. The molecule has 1 unspecified atom stereocenters. The number of rotatable bonds is 3. The fourth-order valence-electron chi connectivity index (χ4n) is 4.43. The Balaban J connectivity index is 1.38. The third kappa shape index (κ3) is 3.26. The summed E-state index contributed by atoms with van der Waals surface area (Å²) in [5.74, 6) is -0.611. The molecular formula is C20H24N2O4. The zero-order chi connectivity index (χ0) is 18.1. The summed E-state index contributed by atoms with van der Waals surface area (Å²) in [5, 5.41) is 2.42. The molecule has 2 amide bonds. The van der Waals surface area contributed by atoms with E-state index in [1.54, 1.807) is 0 Å². The first-order valence-corrected chi connectivity index (χ1v) is 9.34. The Kier molecular flexibility index (Phi) is 4.53. The van der Waals surface area contributed by atoms with Crippen LogP contribution in [0.25, 0.3) is 0 Å². The summed E-state index contributed by atoms with van der Waals surface area (Å²) >= 11 is 0. The number of nitrogens with zero attached hydrogens (tertiary/aromatic N) is 1. The maximum atomic E-state index is 12.0. The van der Waals surface area contributed by atoms with Crippen molar-refractivity contribution in [1.82, 2.24) is 5.32 Å². The molecule has 138 valence electrons. The summed E-state index contributed by atoms with van der Waals surface area (Å²) in [6.07, 6.45) is 4.59. The number of benzene rings is 1. The van der Waals surface area contributed by atoms with Crippen LogP contribution in [0.5, 0.6) is 0 Å². The quantitative estimate of drug-likeness (QED) is 0.660. The fourth-order valence-corrected chi connectivity index (χ4v) is 4.43.